The molecule has 42 valence electrons. The summed E-state index contributed by atoms with van der Waals surface area (Å²) in [6, 6.07) is 0. The zero-order valence-corrected chi connectivity index (χ0v) is 6.05. The third kappa shape index (κ3) is 10.9. The summed E-state index contributed by atoms with van der Waals surface area (Å²) in [7, 11) is -3.87. The van der Waals surface area contributed by atoms with Crippen molar-refractivity contribution in [1.29, 1.82) is 0 Å². The van der Waals surface area contributed by atoms with Gasteiger partial charge in [-0.25, -0.2) is 0 Å². The Bertz CT molecular complexity index is 85.9. The van der Waals surface area contributed by atoms with E-state index in [-0.39, 0.29) is 25.9 Å². The van der Waals surface area contributed by atoms with Gasteiger partial charge in [0.1, 0.15) is 0 Å². The number of rotatable bonds is 1. The minimum absolute atomic E-state index is 0. The summed E-state index contributed by atoms with van der Waals surface area (Å²) in [6.45, 7) is 0. The van der Waals surface area contributed by atoms with Crippen molar-refractivity contribution in [2.75, 3.05) is 6.29 Å². The molecule has 0 aromatic rings. The van der Waals surface area contributed by atoms with Crippen molar-refractivity contribution in [2.45, 2.75) is 0 Å². The molecule has 4 N–H and O–H groups in total. The monoisotopic (exact) mass is 137 g/mol. The Morgan fingerprint density at radius 2 is 1.86 bits per heavy atom. The first-order valence-corrected chi connectivity index (χ1v) is 3.10. The maximum absolute atomic E-state index is 9.57. The summed E-state index contributed by atoms with van der Waals surface area (Å²) in [5.41, 5.74) is 4.54. The zero-order valence-electron chi connectivity index (χ0n) is 5.74. The van der Waals surface area contributed by atoms with Crippen LogP contribution in [0.1, 0.15) is 2.85 Å². The molecule has 0 heterocycles. The van der Waals surface area contributed by atoms with Crippen LogP contribution in [0.4, 0.5) is 0 Å². The smallest absolute Gasteiger partial charge is 1.00 e. The second-order valence-corrected chi connectivity index (χ2v) is 2.54. The topological polar surface area (TPSA) is 83.6 Å². The Balaban J connectivity index is -0.0000000417. The molecule has 0 aliphatic carbocycles. The van der Waals surface area contributed by atoms with Crippen LogP contribution in [0.3, 0.4) is 0 Å². The zero-order chi connectivity index (χ0) is 5.21. The summed E-state index contributed by atoms with van der Waals surface area (Å²) >= 11 is 0. The predicted octanol–water partition coefficient (Wildman–Crippen LogP) is -1.08. The van der Waals surface area contributed by atoms with Gasteiger partial charge in [0.2, 0.25) is 0 Å². The standard InChI is InChI=1S/CH6NO3P.Mg.2H/c2-1-6(3,4)5;;;/h1-2H2,(H2,3,4,5);;;/q;+2;2*-1. The Labute approximate surface area is 60.4 Å². The van der Waals surface area contributed by atoms with Crippen molar-refractivity contribution in [1.82, 2.24) is 0 Å². The maximum atomic E-state index is 9.57. The van der Waals surface area contributed by atoms with E-state index < -0.39 is 13.9 Å². The van der Waals surface area contributed by atoms with Crippen molar-refractivity contribution < 1.29 is 17.2 Å². The van der Waals surface area contributed by atoms with E-state index in [9.17, 15) is 4.57 Å². The van der Waals surface area contributed by atoms with Crippen molar-refractivity contribution >= 4 is 30.6 Å². The van der Waals surface area contributed by atoms with Gasteiger partial charge in [0.25, 0.3) is 0 Å². The summed E-state index contributed by atoms with van der Waals surface area (Å²) in [4.78, 5) is 15.6. The first-order chi connectivity index (χ1) is 2.56. The fraction of sp³-hybridized carbons (Fsp3) is 1.00. The maximum Gasteiger partial charge on any atom is 2.00 e. The summed E-state index contributed by atoms with van der Waals surface area (Å²) in [6.07, 6.45) is -0.562. The van der Waals surface area contributed by atoms with Crippen LogP contribution in [0.5, 0.6) is 0 Å². The van der Waals surface area contributed by atoms with Gasteiger partial charge in [-0.2, -0.15) is 0 Å². The largest absolute Gasteiger partial charge is 2.00 e. The Morgan fingerprint density at radius 3 is 1.86 bits per heavy atom. The number of hydrogen-bond acceptors (Lipinski definition) is 2. The van der Waals surface area contributed by atoms with E-state index in [4.69, 9.17) is 9.79 Å². The van der Waals surface area contributed by atoms with Crippen molar-refractivity contribution in [3.8, 4) is 0 Å². The van der Waals surface area contributed by atoms with E-state index in [2.05, 4.69) is 5.73 Å². The Kier molecular flexibility index (Phi) is 5.90. The first kappa shape index (κ1) is 10.8. The second-order valence-electron chi connectivity index (χ2n) is 0.847. The quantitative estimate of drug-likeness (QED) is 0.317. The molecular weight excluding hydrogens is 129 g/mol. The van der Waals surface area contributed by atoms with Crippen molar-refractivity contribution in [3.05, 3.63) is 0 Å². The van der Waals surface area contributed by atoms with Gasteiger partial charge in [-0.15, -0.1) is 0 Å². The number of hydrogen-bond donors (Lipinski definition) is 3. The molecule has 0 spiro atoms. The van der Waals surface area contributed by atoms with Gasteiger partial charge in [0.15, 0.2) is 0 Å². The van der Waals surface area contributed by atoms with Gasteiger partial charge in [0.05, 0.1) is 6.29 Å². The molecule has 6 heteroatoms. The summed E-state index contributed by atoms with van der Waals surface area (Å²) < 4.78 is 9.57. The van der Waals surface area contributed by atoms with Gasteiger partial charge in [-0.3, -0.25) is 4.57 Å². The molecule has 0 saturated carbocycles. The van der Waals surface area contributed by atoms with Crippen LogP contribution in [-0.2, 0) is 4.57 Å². The van der Waals surface area contributed by atoms with Crippen molar-refractivity contribution in [3.63, 3.8) is 0 Å². The fourth-order valence-corrected chi connectivity index (χ4v) is 0. The fourth-order valence-electron chi connectivity index (χ4n) is 0. The van der Waals surface area contributed by atoms with Gasteiger partial charge < -0.3 is 18.4 Å². The van der Waals surface area contributed by atoms with E-state index in [1.807, 2.05) is 0 Å². The minimum atomic E-state index is -3.87. The van der Waals surface area contributed by atoms with Gasteiger partial charge in [-0.05, 0) is 0 Å². The summed E-state index contributed by atoms with van der Waals surface area (Å²) in [5.74, 6) is 0. The molecule has 0 atom stereocenters. The van der Waals surface area contributed by atoms with Crippen LogP contribution in [0.15, 0.2) is 0 Å². The average Bonchev–Trinajstić information content (AvgIpc) is 1.35. The third-order valence-electron chi connectivity index (χ3n) is 0.238. The molecule has 0 bridgehead atoms. The molecule has 0 radical (unpaired) electrons. The molecule has 0 fully saturated rings. The molecule has 0 aromatic heterocycles. The van der Waals surface area contributed by atoms with Gasteiger partial charge >= 0.3 is 30.6 Å². The molecular formula is CH8MgNO3P. The second kappa shape index (κ2) is 3.83. The molecule has 0 aliphatic heterocycles. The van der Waals surface area contributed by atoms with Gasteiger partial charge in [-0.1, -0.05) is 0 Å². The van der Waals surface area contributed by atoms with E-state index in [0.29, 0.717) is 0 Å². The van der Waals surface area contributed by atoms with Crippen LogP contribution < -0.4 is 5.73 Å². The SMILES string of the molecule is NCP(=O)(O)O.[H-].[H-].[Mg+2]. The van der Waals surface area contributed by atoms with Crippen molar-refractivity contribution in [2.24, 2.45) is 5.73 Å². The van der Waals surface area contributed by atoms with E-state index >= 15 is 0 Å². The van der Waals surface area contributed by atoms with E-state index in [0.717, 1.165) is 0 Å². The van der Waals surface area contributed by atoms with E-state index in [1.54, 1.807) is 0 Å². The van der Waals surface area contributed by atoms with Crippen LogP contribution in [-0.4, -0.2) is 39.1 Å². The molecule has 0 aliphatic rings. The van der Waals surface area contributed by atoms with Gasteiger partial charge in [0, 0.05) is 0 Å². The molecule has 0 aromatic carbocycles. The normalized spacial score (nSPS) is 10.1. The molecule has 0 amide bonds. The molecule has 4 nitrogen and oxygen atoms in total. The molecule has 0 saturated heterocycles. The first-order valence-electron chi connectivity index (χ1n) is 1.31. The Hall–Kier alpha value is 0.876. The number of nitrogens with two attached hydrogens (primary N) is 1. The molecule has 0 rings (SSSR count). The minimum Gasteiger partial charge on any atom is -1.00 e. The third-order valence-corrected chi connectivity index (χ3v) is 0.714. The molecule has 7 heavy (non-hydrogen) atoms. The molecule has 0 unspecified atom stereocenters. The summed E-state index contributed by atoms with van der Waals surface area (Å²) in [5, 5.41) is 0. The average molecular weight is 137 g/mol. The Morgan fingerprint density at radius 1 is 1.71 bits per heavy atom. The van der Waals surface area contributed by atoms with Crippen LogP contribution in [0.25, 0.3) is 0 Å². The van der Waals surface area contributed by atoms with E-state index in [1.165, 1.54) is 0 Å². The van der Waals surface area contributed by atoms with Crippen LogP contribution in [0.2, 0.25) is 0 Å². The van der Waals surface area contributed by atoms with Crippen LogP contribution in [0, 0.1) is 0 Å². The predicted molar refractivity (Wildman–Crippen MR) is 29.1 cm³/mol. The van der Waals surface area contributed by atoms with Crippen LogP contribution >= 0.6 is 7.60 Å².